The molecule has 0 aromatic heterocycles. The van der Waals surface area contributed by atoms with E-state index in [1.165, 1.54) is 0 Å². The van der Waals surface area contributed by atoms with Gasteiger partial charge in [0, 0.05) is 11.6 Å². The molecular weight excluding hydrogens is 330 g/mol. The van der Waals surface area contributed by atoms with E-state index in [0.717, 1.165) is 12.1 Å². The van der Waals surface area contributed by atoms with Gasteiger partial charge in [0.2, 0.25) is 0 Å². The molecule has 1 unspecified atom stereocenters. The Labute approximate surface area is 121 Å². The van der Waals surface area contributed by atoms with Crippen LogP contribution in [0.2, 0.25) is 10.0 Å². The number of hydrogen-bond acceptors (Lipinski definition) is 2. The van der Waals surface area contributed by atoms with Crippen molar-refractivity contribution in [1.82, 2.24) is 0 Å². The van der Waals surface area contributed by atoms with E-state index in [9.17, 15) is 27.1 Å². The lowest BCUT2D eigenvalue weighted by molar-refractivity contribution is -0.315. The van der Waals surface area contributed by atoms with Gasteiger partial charge in [0.1, 0.15) is 5.75 Å². The zero-order valence-electron chi connectivity index (χ0n) is 9.94. The first-order valence-electron chi connectivity index (χ1n) is 5.26. The van der Waals surface area contributed by atoms with Gasteiger partial charge in [0.15, 0.2) is 6.10 Å². The predicted octanol–water partition coefficient (Wildman–Crippen LogP) is 4.62. The van der Waals surface area contributed by atoms with Gasteiger partial charge in [-0.05, 0) is 13.0 Å². The summed E-state index contributed by atoms with van der Waals surface area (Å²) < 4.78 is 67.7. The van der Waals surface area contributed by atoms with E-state index in [1.54, 1.807) is 6.92 Å². The van der Waals surface area contributed by atoms with Gasteiger partial charge in [-0.1, -0.05) is 23.2 Å². The third-order valence-electron chi connectivity index (χ3n) is 2.37. The molecule has 1 aromatic carbocycles. The number of ether oxygens (including phenoxy) is 1. The Bertz CT molecular complexity index is 490. The van der Waals surface area contributed by atoms with Crippen molar-refractivity contribution in [1.29, 1.82) is 0 Å². The minimum Gasteiger partial charge on any atom is -0.492 e. The van der Waals surface area contributed by atoms with Crippen LogP contribution in [0, 0.1) is 0 Å². The van der Waals surface area contributed by atoms with Crippen molar-refractivity contribution >= 4 is 23.2 Å². The van der Waals surface area contributed by atoms with E-state index in [2.05, 4.69) is 0 Å². The average Bonchev–Trinajstić information content (AvgIpc) is 2.31. The smallest absolute Gasteiger partial charge is 0.456 e. The Balaban J connectivity index is 3.24. The van der Waals surface area contributed by atoms with Crippen molar-refractivity contribution in [3.05, 3.63) is 27.7 Å². The van der Waals surface area contributed by atoms with Crippen LogP contribution < -0.4 is 4.74 Å². The van der Waals surface area contributed by atoms with E-state index in [0.29, 0.717) is 0 Å². The highest BCUT2D eigenvalue weighted by atomic mass is 35.5. The number of benzene rings is 1. The summed E-state index contributed by atoms with van der Waals surface area (Å²) in [6.45, 7) is 1.81. The van der Waals surface area contributed by atoms with Crippen molar-refractivity contribution in [2.24, 2.45) is 0 Å². The maximum absolute atomic E-state index is 13.1. The second kappa shape index (κ2) is 5.91. The predicted molar refractivity (Wildman–Crippen MR) is 63.6 cm³/mol. The zero-order valence-corrected chi connectivity index (χ0v) is 11.5. The molecule has 114 valence electrons. The zero-order chi connectivity index (χ0) is 15.7. The molecule has 0 aliphatic heterocycles. The first-order chi connectivity index (χ1) is 9.02. The number of hydrogen-bond donors (Lipinski definition) is 1. The van der Waals surface area contributed by atoms with Crippen LogP contribution in [0.4, 0.5) is 22.0 Å². The summed E-state index contributed by atoms with van der Waals surface area (Å²) in [7, 11) is 0. The highest BCUT2D eigenvalue weighted by Crippen LogP contribution is 2.47. The molecule has 20 heavy (non-hydrogen) atoms. The van der Waals surface area contributed by atoms with Gasteiger partial charge in [-0.15, -0.1) is 0 Å². The molecule has 0 radical (unpaired) electrons. The van der Waals surface area contributed by atoms with Crippen molar-refractivity contribution < 1.29 is 31.8 Å². The third kappa shape index (κ3) is 3.27. The number of rotatable bonds is 4. The highest BCUT2D eigenvalue weighted by molar-refractivity contribution is 6.34. The van der Waals surface area contributed by atoms with Gasteiger partial charge in [-0.3, -0.25) is 0 Å². The van der Waals surface area contributed by atoms with Gasteiger partial charge < -0.3 is 9.84 Å². The highest BCUT2D eigenvalue weighted by Gasteiger charge is 2.63. The molecule has 1 aromatic rings. The molecule has 0 aliphatic rings. The van der Waals surface area contributed by atoms with Crippen LogP contribution in [-0.4, -0.2) is 23.8 Å². The molecule has 0 heterocycles. The number of aliphatic hydroxyl groups excluding tert-OH is 1. The van der Waals surface area contributed by atoms with Crippen molar-refractivity contribution in [3.63, 3.8) is 0 Å². The molecule has 1 N–H and O–H groups in total. The van der Waals surface area contributed by atoms with Crippen molar-refractivity contribution in [3.8, 4) is 5.75 Å². The van der Waals surface area contributed by atoms with E-state index in [1.807, 2.05) is 0 Å². The minimum absolute atomic E-state index is 0.0189. The number of aliphatic hydroxyl groups is 1. The normalized spacial score (nSPS) is 14.2. The van der Waals surface area contributed by atoms with Crippen LogP contribution >= 0.6 is 23.2 Å². The summed E-state index contributed by atoms with van der Waals surface area (Å²) in [5, 5.41) is 8.52. The lowest BCUT2D eigenvalue weighted by Gasteiger charge is -2.26. The fourth-order valence-corrected chi connectivity index (χ4v) is 1.85. The van der Waals surface area contributed by atoms with E-state index in [4.69, 9.17) is 27.9 Å². The van der Waals surface area contributed by atoms with Gasteiger partial charge in [0.25, 0.3) is 0 Å². The standard InChI is InChI=1S/C11H9Cl2F5O2/c1-2-20-8-4-6(12)5(3-7(8)13)9(19)10(14,15)11(16,17)18/h3-4,9,19H,2H2,1H3. The van der Waals surface area contributed by atoms with Crippen LogP contribution in [0.25, 0.3) is 0 Å². The molecule has 0 fully saturated rings. The largest absolute Gasteiger partial charge is 0.492 e. The minimum atomic E-state index is -5.92. The number of halogens is 7. The molecule has 0 saturated heterocycles. The molecule has 1 atom stereocenters. The van der Waals surface area contributed by atoms with E-state index >= 15 is 0 Å². The summed E-state index contributed by atoms with van der Waals surface area (Å²) in [5.74, 6) is -5.34. The topological polar surface area (TPSA) is 29.5 Å². The van der Waals surface area contributed by atoms with Gasteiger partial charge >= 0.3 is 12.1 Å². The fraction of sp³-hybridized carbons (Fsp3) is 0.455. The lowest BCUT2D eigenvalue weighted by Crippen LogP contribution is -2.42. The van der Waals surface area contributed by atoms with Crippen LogP contribution in [0.15, 0.2) is 12.1 Å². The molecule has 0 saturated carbocycles. The van der Waals surface area contributed by atoms with Crippen LogP contribution in [0.1, 0.15) is 18.6 Å². The Morgan fingerprint density at radius 1 is 1.15 bits per heavy atom. The molecular formula is C11H9Cl2F5O2. The number of alkyl halides is 5. The van der Waals surface area contributed by atoms with Crippen LogP contribution in [0.3, 0.4) is 0 Å². The molecule has 0 aliphatic carbocycles. The lowest BCUT2D eigenvalue weighted by atomic mass is 10.0. The third-order valence-corrected chi connectivity index (χ3v) is 2.99. The Morgan fingerprint density at radius 3 is 2.15 bits per heavy atom. The first-order valence-corrected chi connectivity index (χ1v) is 6.02. The average molecular weight is 339 g/mol. The second-order valence-electron chi connectivity index (χ2n) is 3.76. The van der Waals surface area contributed by atoms with Gasteiger partial charge in [0.05, 0.1) is 16.7 Å². The summed E-state index contributed by atoms with van der Waals surface area (Å²) in [6.07, 6.45) is -9.08. The summed E-state index contributed by atoms with van der Waals surface area (Å²) in [4.78, 5) is 0. The van der Waals surface area contributed by atoms with Crippen LogP contribution in [0.5, 0.6) is 5.75 Å². The molecule has 0 bridgehead atoms. The Kier molecular flexibility index (Phi) is 5.10. The summed E-state index contributed by atoms with van der Waals surface area (Å²) in [6, 6.07) is 1.69. The summed E-state index contributed by atoms with van der Waals surface area (Å²) in [5.41, 5.74) is -0.831. The second-order valence-corrected chi connectivity index (χ2v) is 4.57. The van der Waals surface area contributed by atoms with E-state index < -0.39 is 28.8 Å². The monoisotopic (exact) mass is 338 g/mol. The molecule has 0 spiro atoms. The molecule has 0 amide bonds. The molecule has 1 rings (SSSR count). The SMILES string of the molecule is CCOc1cc(Cl)c(C(O)C(F)(F)C(F)(F)F)cc1Cl. The fourth-order valence-electron chi connectivity index (χ4n) is 1.37. The molecule has 2 nitrogen and oxygen atoms in total. The Morgan fingerprint density at radius 2 is 1.70 bits per heavy atom. The summed E-state index contributed by atoms with van der Waals surface area (Å²) >= 11 is 11.3. The van der Waals surface area contributed by atoms with Crippen molar-refractivity contribution in [2.45, 2.75) is 25.1 Å². The molecule has 9 heteroatoms. The maximum atomic E-state index is 13.1. The van der Waals surface area contributed by atoms with E-state index in [-0.39, 0.29) is 17.4 Å². The maximum Gasteiger partial charge on any atom is 0.456 e. The van der Waals surface area contributed by atoms with Crippen molar-refractivity contribution in [2.75, 3.05) is 6.61 Å². The quantitative estimate of drug-likeness (QED) is 0.811. The Hall–Kier alpha value is -0.790. The van der Waals surface area contributed by atoms with Gasteiger partial charge in [-0.25, -0.2) is 0 Å². The van der Waals surface area contributed by atoms with Gasteiger partial charge in [-0.2, -0.15) is 22.0 Å². The first kappa shape index (κ1) is 17.3. The van der Waals surface area contributed by atoms with Crippen LogP contribution in [-0.2, 0) is 0 Å².